The molecule has 1 aliphatic carbocycles. The van der Waals surface area contributed by atoms with Gasteiger partial charge < -0.3 is 19.3 Å². The minimum atomic E-state index is -0.986. The predicted octanol–water partition coefficient (Wildman–Crippen LogP) is 11.8. The number of esters is 1. The molecule has 10 heteroatoms. The third-order valence-corrected chi connectivity index (χ3v) is 10.6. The Kier molecular flexibility index (Phi) is 14.6. The van der Waals surface area contributed by atoms with Crippen LogP contribution in [0, 0.1) is 0 Å². The fourth-order valence-electron chi connectivity index (χ4n) is 5.49. The van der Waals surface area contributed by atoms with Crippen molar-refractivity contribution in [3.8, 4) is 11.5 Å². The number of benzene rings is 5. The smallest absolute Gasteiger partial charge is 0.351 e. The minimum Gasteiger partial charge on any atom is -0.482 e. The average molecular weight is 762 g/mol. The molecule has 1 N–H and O–H groups in total. The fourth-order valence-corrected chi connectivity index (χ4v) is 7.37. The van der Waals surface area contributed by atoms with Crippen molar-refractivity contribution in [1.29, 1.82) is 0 Å². The molecule has 5 aromatic rings. The molecule has 0 aromatic heterocycles. The van der Waals surface area contributed by atoms with Gasteiger partial charge in [-0.25, -0.2) is 9.59 Å². The first-order valence-corrected chi connectivity index (χ1v) is 18.9. The molecule has 5 aromatic carbocycles. The molecule has 1 saturated carbocycles. The molecular weight excluding hydrogens is 723 g/mol. The first-order chi connectivity index (χ1) is 24.7. The van der Waals surface area contributed by atoms with Gasteiger partial charge in [0.1, 0.15) is 11.5 Å². The van der Waals surface area contributed by atoms with E-state index in [1.807, 2.05) is 97.1 Å². The molecule has 0 heterocycles. The van der Waals surface area contributed by atoms with Crippen molar-refractivity contribution < 1.29 is 28.9 Å². The largest absolute Gasteiger partial charge is 0.482 e. The molecule has 6 nitrogen and oxygen atoms in total. The molecule has 51 heavy (non-hydrogen) atoms. The number of carboxylic acids is 1. The van der Waals surface area contributed by atoms with Crippen LogP contribution in [-0.2, 0) is 14.3 Å². The summed E-state index contributed by atoms with van der Waals surface area (Å²) in [5.41, 5.74) is 2.11. The van der Waals surface area contributed by atoms with Crippen molar-refractivity contribution in [2.45, 2.75) is 63.7 Å². The number of hydrogen-bond acceptors (Lipinski definition) is 7. The quantitative estimate of drug-likeness (QED) is 0.126. The Bertz CT molecular complexity index is 1830. The summed E-state index contributed by atoms with van der Waals surface area (Å²) >= 11 is 15.0. The van der Waals surface area contributed by atoms with Crippen LogP contribution >= 0.6 is 46.7 Å². The average Bonchev–Trinajstić information content (AvgIpc) is 3.16. The first-order valence-electron chi connectivity index (χ1n) is 16.5. The molecule has 0 bridgehead atoms. The number of methoxy groups -OCH3 is 1. The van der Waals surface area contributed by atoms with Gasteiger partial charge in [-0.15, -0.1) is 0 Å². The van der Waals surface area contributed by atoms with Gasteiger partial charge in [0.15, 0.2) is 6.61 Å². The minimum absolute atomic E-state index is 0.330. The topological polar surface area (TPSA) is 82.1 Å². The van der Waals surface area contributed by atoms with E-state index < -0.39 is 18.0 Å². The maximum Gasteiger partial charge on any atom is 0.351 e. The highest BCUT2D eigenvalue weighted by Gasteiger charge is 2.24. The lowest BCUT2D eigenvalue weighted by molar-refractivity contribution is -0.149. The highest BCUT2D eigenvalue weighted by atomic mass is 35.5. The lowest BCUT2D eigenvalue weighted by atomic mass is 9.84. The summed E-state index contributed by atoms with van der Waals surface area (Å²) in [7, 11) is 1.38. The van der Waals surface area contributed by atoms with Crippen molar-refractivity contribution in [2.75, 3.05) is 13.7 Å². The number of carboxylic acid groups (broad SMARTS) is 1. The summed E-state index contributed by atoms with van der Waals surface area (Å²) in [6, 6.07) is 38.6. The highest BCUT2D eigenvalue weighted by Crippen LogP contribution is 2.35. The van der Waals surface area contributed by atoms with Crippen LogP contribution < -0.4 is 9.47 Å². The lowest BCUT2D eigenvalue weighted by Gasteiger charge is -2.22. The molecule has 0 radical (unpaired) electrons. The van der Waals surface area contributed by atoms with E-state index in [9.17, 15) is 9.59 Å². The molecular formula is C41H38Cl2O6S2. The molecule has 1 unspecified atom stereocenters. The monoisotopic (exact) mass is 760 g/mol. The van der Waals surface area contributed by atoms with Crippen LogP contribution in [-0.4, -0.2) is 30.8 Å². The number of carbonyl (C=O) groups is 2. The Morgan fingerprint density at radius 3 is 1.59 bits per heavy atom. The van der Waals surface area contributed by atoms with Crippen molar-refractivity contribution in [3.05, 3.63) is 142 Å². The van der Waals surface area contributed by atoms with Crippen LogP contribution in [0.2, 0.25) is 10.0 Å². The second-order valence-electron chi connectivity index (χ2n) is 11.8. The Morgan fingerprint density at radius 1 is 0.667 bits per heavy atom. The number of aliphatic carboxylic acids is 1. The van der Waals surface area contributed by atoms with Crippen molar-refractivity contribution in [3.63, 3.8) is 0 Å². The van der Waals surface area contributed by atoms with Crippen LogP contribution in [0.5, 0.6) is 11.5 Å². The van der Waals surface area contributed by atoms with Gasteiger partial charge in [0.2, 0.25) is 6.10 Å². The van der Waals surface area contributed by atoms with E-state index in [-0.39, 0.29) is 6.61 Å². The number of ether oxygens (including phenoxy) is 3. The van der Waals surface area contributed by atoms with Gasteiger partial charge in [0.25, 0.3) is 0 Å². The van der Waals surface area contributed by atoms with Gasteiger partial charge in [0, 0.05) is 35.2 Å². The van der Waals surface area contributed by atoms with E-state index in [1.165, 1.54) is 44.8 Å². The second-order valence-corrected chi connectivity index (χ2v) is 14.9. The van der Waals surface area contributed by atoms with E-state index in [0.29, 0.717) is 22.4 Å². The van der Waals surface area contributed by atoms with Gasteiger partial charge in [-0.1, -0.05) is 90.3 Å². The first kappa shape index (κ1) is 38.2. The van der Waals surface area contributed by atoms with Gasteiger partial charge in [-0.05, 0) is 121 Å². The Hall–Kier alpha value is -4.08. The Labute approximate surface area is 317 Å². The Morgan fingerprint density at radius 2 is 1.12 bits per heavy atom. The molecule has 1 fully saturated rings. The Balaban J connectivity index is 0.000000226. The normalized spacial score (nSPS) is 13.3. The van der Waals surface area contributed by atoms with Crippen LogP contribution in [0.1, 0.15) is 55.3 Å². The zero-order valence-electron chi connectivity index (χ0n) is 28.0. The van der Waals surface area contributed by atoms with Crippen LogP contribution in [0.4, 0.5) is 0 Å². The van der Waals surface area contributed by atoms with Crippen molar-refractivity contribution in [1.82, 2.24) is 0 Å². The van der Waals surface area contributed by atoms with Crippen LogP contribution in [0.15, 0.2) is 141 Å². The third kappa shape index (κ3) is 12.3. The van der Waals surface area contributed by atoms with Gasteiger partial charge in [-0.2, -0.15) is 0 Å². The molecule has 0 spiro atoms. The van der Waals surface area contributed by atoms with Crippen LogP contribution in [0.25, 0.3) is 0 Å². The molecule has 0 aliphatic heterocycles. The molecule has 1 atom stereocenters. The van der Waals surface area contributed by atoms with E-state index in [1.54, 1.807) is 35.7 Å². The lowest BCUT2D eigenvalue weighted by Crippen LogP contribution is -2.20. The number of carbonyl (C=O) groups excluding carboxylic acids is 1. The van der Waals surface area contributed by atoms with E-state index >= 15 is 0 Å². The summed E-state index contributed by atoms with van der Waals surface area (Å²) in [4.78, 5) is 27.1. The van der Waals surface area contributed by atoms with Crippen LogP contribution in [0.3, 0.4) is 0 Å². The van der Waals surface area contributed by atoms with Crippen molar-refractivity contribution in [2.24, 2.45) is 0 Å². The summed E-state index contributed by atoms with van der Waals surface area (Å²) in [5, 5.41) is 9.93. The third-order valence-electron chi connectivity index (χ3n) is 8.09. The van der Waals surface area contributed by atoms with E-state index in [0.717, 1.165) is 30.2 Å². The zero-order chi connectivity index (χ0) is 36.0. The maximum atomic E-state index is 12.5. The SMILES string of the molecule is COC(=O)C(Oc1ccc(C2CCCCC2)cc1)c1ccc(Sc2ccc(Cl)cc2)cc1.O=C(O)COc1ccc(Sc2ccc(Cl)cc2)cc1. The van der Waals surface area contributed by atoms with E-state index in [4.69, 9.17) is 42.5 Å². The number of halogens is 2. The second kappa shape index (κ2) is 19.5. The van der Waals surface area contributed by atoms with Gasteiger partial charge in [0.05, 0.1) is 7.11 Å². The summed E-state index contributed by atoms with van der Waals surface area (Å²) in [5.74, 6) is 0.446. The van der Waals surface area contributed by atoms with E-state index in [2.05, 4.69) is 12.1 Å². The maximum absolute atomic E-state index is 12.5. The van der Waals surface area contributed by atoms with Crippen molar-refractivity contribution >= 4 is 58.7 Å². The summed E-state index contributed by atoms with van der Waals surface area (Å²) < 4.78 is 16.1. The molecule has 0 amide bonds. The highest BCUT2D eigenvalue weighted by molar-refractivity contribution is 7.99. The van der Waals surface area contributed by atoms with Gasteiger partial charge >= 0.3 is 11.9 Å². The molecule has 264 valence electrons. The van der Waals surface area contributed by atoms with Gasteiger partial charge in [-0.3, -0.25) is 0 Å². The fraction of sp³-hybridized carbons (Fsp3) is 0.220. The standard InChI is InChI=1S/C27H27ClO3S.C14H11ClO3S/c1-30-27(29)26(31-23-13-7-20(8-14-23)19-5-3-2-4-6-19)21-9-15-24(16-10-21)32-25-17-11-22(28)12-18-25;15-10-1-5-12(6-2-10)19-13-7-3-11(4-8-13)18-9-14(16)17/h7-19,26H,2-6H2,1H3;1-8H,9H2,(H,16,17). The molecule has 6 rings (SSSR count). The predicted molar refractivity (Wildman–Crippen MR) is 205 cm³/mol. The summed E-state index contributed by atoms with van der Waals surface area (Å²) in [6.07, 6.45) is 5.65. The zero-order valence-corrected chi connectivity index (χ0v) is 31.2. The number of rotatable bonds is 12. The number of hydrogen-bond donors (Lipinski definition) is 1. The molecule has 0 saturated heterocycles. The summed E-state index contributed by atoms with van der Waals surface area (Å²) in [6.45, 7) is -0.330. The molecule has 1 aliphatic rings.